The van der Waals surface area contributed by atoms with Crippen LogP contribution in [0.2, 0.25) is 5.02 Å². The molecule has 29 heavy (non-hydrogen) atoms. The van der Waals surface area contributed by atoms with Gasteiger partial charge in [-0.1, -0.05) is 18.5 Å². The van der Waals surface area contributed by atoms with Crippen LogP contribution in [-0.4, -0.2) is 61.1 Å². The van der Waals surface area contributed by atoms with E-state index in [2.05, 4.69) is 22.5 Å². The summed E-state index contributed by atoms with van der Waals surface area (Å²) >= 11 is 6.12. The first-order valence-electron chi connectivity index (χ1n) is 9.67. The molecule has 2 aliphatic rings. The fourth-order valence-electron chi connectivity index (χ4n) is 4.10. The molecular weight excluding hydrogens is 396 g/mol. The molecule has 0 spiro atoms. The highest BCUT2D eigenvalue weighted by atomic mass is 35.5. The number of hydrogen-bond acceptors (Lipinski definition) is 5. The third-order valence-electron chi connectivity index (χ3n) is 5.66. The van der Waals surface area contributed by atoms with Crippen LogP contribution in [0.25, 0.3) is 0 Å². The fraction of sp³-hybridized carbons (Fsp3) is 0.550. The largest absolute Gasteiger partial charge is 0.495 e. The smallest absolute Gasteiger partial charge is 0.322 e. The molecule has 8 nitrogen and oxygen atoms in total. The van der Waals surface area contributed by atoms with E-state index in [1.165, 1.54) is 0 Å². The molecule has 0 radical (unpaired) electrons. The van der Waals surface area contributed by atoms with E-state index in [1.807, 2.05) is 23.1 Å². The Hall–Kier alpha value is -2.48. The predicted octanol–water partition coefficient (Wildman–Crippen LogP) is 2.01. The van der Waals surface area contributed by atoms with Gasteiger partial charge in [0.2, 0.25) is 5.91 Å². The molecule has 2 saturated heterocycles. The molecule has 9 heteroatoms. The Kier molecular flexibility index (Phi) is 5.93. The van der Waals surface area contributed by atoms with Gasteiger partial charge >= 0.3 is 6.03 Å². The molecule has 3 unspecified atom stereocenters. The molecule has 1 aromatic carbocycles. The number of piperazine rings is 1. The van der Waals surface area contributed by atoms with Crippen LogP contribution < -0.4 is 20.3 Å². The summed E-state index contributed by atoms with van der Waals surface area (Å²) in [5.41, 5.74) is -0.0591. The van der Waals surface area contributed by atoms with Crippen LogP contribution in [0.15, 0.2) is 18.2 Å². The highest BCUT2D eigenvalue weighted by molar-refractivity contribution is 6.32. The molecule has 0 aliphatic carbocycles. The minimum atomic E-state index is -1.06. The highest BCUT2D eigenvalue weighted by Crippen LogP contribution is 2.31. The Morgan fingerprint density at radius 3 is 2.69 bits per heavy atom. The number of rotatable bonds is 5. The molecule has 0 saturated carbocycles. The Balaban J connectivity index is 1.63. The molecule has 2 aliphatic heterocycles. The topological polar surface area (TPSA) is 91.0 Å². The molecule has 3 atom stereocenters. The lowest BCUT2D eigenvalue weighted by atomic mass is 9.89. The number of halogens is 1. The van der Waals surface area contributed by atoms with Crippen molar-refractivity contribution < 1.29 is 19.1 Å². The maximum atomic E-state index is 13.0. The average molecular weight is 423 g/mol. The number of carbonyl (C=O) groups excluding carboxylic acids is 3. The van der Waals surface area contributed by atoms with Crippen molar-refractivity contribution in [2.75, 3.05) is 31.6 Å². The Labute approximate surface area is 175 Å². The maximum absolute atomic E-state index is 13.0. The number of hydrogen-bond donors (Lipinski definition) is 2. The number of imide groups is 1. The summed E-state index contributed by atoms with van der Waals surface area (Å²) in [7, 11) is 1.58. The quantitative estimate of drug-likeness (QED) is 0.708. The molecule has 2 fully saturated rings. The average Bonchev–Trinajstić information content (AvgIpc) is 2.92. The molecular formula is C20H27ClN4O4. The minimum Gasteiger partial charge on any atom is -0.495 e. The summed E-state index contributed by atoms with van der Waals surface area (Å²) in [5.74, 6) is -0.176. The number of ether oxygens (including phenoxy) is 1. The first-order valence-corrected chi connectivity index (χ1v) is 10.0. The van der Waals surface area contributed by atoms with Crippen molar-refractivity contribution >= 4 is 35.1 Å². The van der Waals surface area contributed by atoms with Crippen LogP contribution in [-0.2, 0) is 9.59 Å². The van der Waals surface area contributed by atoms with Crippen LogP contribution in [0, 0.1) is 5.92 Å². The molecule has 1 aromatic rings. The number of carbonyl (C=O) groups is 3. The molecule has 158 valence electrons. The normalized spacial score (nSPS) is 25.5. The van der Waals surface area contributed by atoms with Gasteiger partial charge in [0, 0.05) is 43.3 Å². The SMILES string of the molecule is COc1cc(N2CCN(C(=O)C(C)CC3(C)NC(=O)NC3=O)CC2C)ccc1Cl. The van der Waals surface area contributed by atoms with Crippen molar-refractivity contribution in [2.24, 2.45) is 5.92 Å². The molecule has 0 bridgehead atoms. The van der Waals surface area contributed by atoms with E-state index in [-0.39, 0.29) is 18.4 Å². The Morgan fingerprint density at radius 1 is 1.38 bits per heavy atom. The maximum Gasteiger partial charge on any atom is 0.322 e. The number of anilines is 1. The first-order chi connectivity index (χ1) is 13.6. The van der Waals surface area contributed by atoms with E-state index in [0.717, 1.165) is 5.69 Å². The lowest BCUT2D eigenvalue weighted by Crippen LogP contribution is -2.55. The van der Waals surface area contributed by atoms with Crippen LogP contribution in [0.1, 0.15) is 27.2 Å². The molecule has 4 amide bonds. The highest BCUT2D eigenvalue weighted by Gasteiger charge is 2.44. The fourth-order valence-corrected chi connectivity index (χ4v) is 4.30. The van der Waals surface area contributed by atoms with Crippen molar-refractivity contribution in [2.45, 2.75) is 38.8 Å². The zero-order chi connectivity index (χ0) is 21.3. The summed E-state index contributed by atoms with van der Waals surface area (Å²) in [5, 5.41) is 5.41. The van der Waals surface area contributed by atoms with Crippen molar-refractivity contribution in [3.05, 3.63) is 23.2 Å². The van der Waals surface area contributed by atoms with Gasteiger partial charge in [-0.15, -0.1) is 0 Å². The van der Waals surface area contributed by atoms with Crippen molar-refractivity contribution in [3.63, 3.8) is 0 Å². The zero-order valence-electron chi connectivity index (χ0n) is 17.1. The van der Waals surface area contributed by atoms with Gasteiger partial charge in [0.05, 0.1) is 12.1 Å². The second-order valence-electron chi connectivity index (χ2n) is 7.99. The third kappa shape index (κ3) is 4.27. The lowest BCUT2D eigenvalue weighted by molar-refractivity contribution is -0.137. The second kappa shape index (κ2) is 8.10. The van der Waals surface area contributed by atoms with Crippen LogP contribution in [0.5, 0.6) is 5.75 Å². The first kappa shape index (κ1) is 21.2. The molecule has 0 aromatic heterocycles. The molecule has 2 heterocycles. The summed E-state index contributed by atoms with van der Waals surface area (Å²) in [6, 6.07) is 5.25. The van der Waals surface area contributed by atoms with E-state index in [0.29, 0.717) is 30.4 Å². The minimum absolute atomic E-state index is 0.0136. The standard InChI is InChI=1S/C20H27ClN4O4/c1-12(10-20(3)18(27)22-19(28)23-20)17(26)24-7-8-25(13(2)11-24)14-5-6-15(21)16(9-14)29-4/h5-6,9,12-13H,7-8,10-11H2,1-4H3,(H2,22,23,27,28). The number of urea groups is 1. The van der Waals surface area contributed by atoms with E-state index >= 15 is 0 Å². The van der Waals surface area contributed by atoms with Crippen molar-refractivity contribution in [1.82, 2.24) is 15.5 Å². The second-order valence-corrected chi connectivity index (χ2v) is 8.40. The third-order valence-corrected chi connectivity index (χ3v) is 5.97. The van der Waals surface area contributed by atoms with Gasteiger partial charge in [0.1, 0.15) is 11.3 Å². The van der Waals surface area contributed by atoms with Gasteiger partial charge in [-0.3, -0.25) is 14.9 Å². The zero-order valence-corrected chi connectivity index (χ0v) is 17.9. The van der Waals surface area contributed by atoms with E-state index in [9.17, 15) is 14.4 Å². The lowest BCUT2D eigenvalue weighted by Gasteiger charge is -2.42. The number of nitrogens with zero attached hydrogens (tertiary/aromatic N) is 2. The van der Waals surface area contributed by atoms with Crippen LogP contribution in [0.4, 0.5) is 10.5 Å². The summed E-state index contributed by atoms with van der Waals surface area (Å²) in [6.07, 6.45) is 0.256. The number of methoxy groups -OCH3 is 1. The number of benzene rings is 1. The number of amides is 4. The van der Waals surface area contributed by atoms with Crippen LogP contribution in [0.3, 0.4) is 0 Å². The van der Waals surface area contributed by atoms with Gasteiger partial charge in [-0.05, 0) is 32.4 Å². The Bertz CT molecular complexity index is 833. The van der Waals surface area contributed by atoms with Gasteiger partial charge in [-0.2, -0.15) is 0 Å². The van der Waals surface area contributed by atoms with Gasteiger partial charge < -0.3 is 19.9 Å². The predicted molar refractivity (Wildman–Crippen MR) is 110 cm³/mol. The monoisotopic (exact) mass is 422 g/mol. The summed E-state index contributed by atoms with van der Waals surface area (Å²) in [6.45, 7) is 7.34. The van der Waals surface area contributed by atoms with Gasteiger partial charge in [0.25, 0.3) is 5.91 Å². The van der Waals surface area contributed by atoms with E-state index < -0.39 is 23.4 Å². The Morgan fingerprint density at radius 2 is 2.10 bits per heavy atom. The van der Waals surface area contributed by atoms with E-state index in [1.54, 1.807) is 21.0 Å². The number of nitrogens with one attached hydrogen (secondary N) is 2. The van der Waals surface area contributed by atoms with Gasteiger partial charge in [-0.25, -0.2) is 4.79 Å². The molecule has 3 rings (SSSR count). The van der Waals surface area contributed by atoms with Gasteiger partial charge in [0.15, 0.2) is 0 Å². The molecule has 2 N–H and O–H groups in total. The summed E-state index contributed by atoms with van der Waals surface area (Å²) in [4.78, 5) is 40.5. The van der Waals surface area contributed by atoms with Crippen molar-refractivity contribution in [1.29, 1.82) is 0 Å². The van der Waals surface area contributed by atoms with Crippen molar-refractivity contribution in [3.8, 4) is 5.75 Å². The summed E-state index contributed by atoms with van der Waals surface area (Å²) < 4.78 is 5.31. The van der Waals surface area contributed by atoms with E-state index in [4.69, 9.17) is 16.3 Å². The van der Waals surface area contributed by atoms with Crippen LogP contribution >= 0.6 is 11.6 Å².